The lowest BCUT2D eigenvalue weighted by Gasteiger charge is -2.43. The Morgan fingerprint density at radius 2 is 0.976 bits per heavy atom. The van der Waals surface area contributed by atoms with E-state index in [4.69, 9.17) is 8.83 Å². The number of hydrogen-bond acceptors (Lipinski definition) is 4. The number of aromatic nitrogens is 1. The van der Waals surface area contributed by atoms with Crippen molar-refractivity contribution in [2.24, 2.45) is 0 Å². The van der Waals surface area contributed by atoms with Gasteiger partial charge in [-0.15, -0.1) is 0 Å². The molecule has 13 aromatic rings. The maximum atomic E-state index is 7.40. The zero-order valence-electron chi connectivity index (χ0n) is 51.6. The van der Waals surface area contributed by atoms with E-state index in [2.05, 4.69) is 293 Å². The van der Waals surface area contributed by atoms with Crippen molar-refractivity contribution in [1.82, 2.24) is 4.57 Å². The highest BCUT2D eigenvalue weighted by Gasteiger charge is 2.48. The molecule has 0 amide bonds. The number of furan rings is 2. The molecule has 3 aliphatic rings. The average molecular weight is 1110 g/mol. The number of benzene rings is 10. The van der Waals surface area contributed by atoms with E-state index in [9.17, 15) is 0 Å². The van der Waals surface area contributed by atoms with Crippen LogP contribution in [0.25, 0.3) is 93.6 Å². The summed E-state index contributed by atoms with van der Waals surface area (Å²) >= 11 is 0. The predicted octanol–water partition coefficient (Wildman–Crippen LogP) is 20.8. The van der Waals surface area contributed by atoms with Crippen LogP contribution in [-0.2, 0) is 27.1 Å². The van der Waals surface area contributed by atoms with E-state index in [1.165, 1.54) is 94.1 Å². The highest BCUT2D eigenvalue weighted by molar-refractivity contribution is 6.94. The fourth-order valence-corrected chi connectivity index (χ4v) is 14.9. The summed E-state index contributed by atoms with van der Waals surface area (Å²) in [5.74, 6) is 0. The number of nitrogens with zero attached hydrogens (tertiary/aromatic N) is 3. The molecule has 16 rings (SSSR count). The summed E-state index contributed by atoms with van der Waals surface area (Å²) in [5, 5.41) is 6.89. The first-order chi connectivity index (χ1) is 40.4. The van der Waals surface area contributed by atoms with Crippen molar-refractivity contribution in [2.75, 3.05) is 9.71 Å². The molecule has 418 valence electrons. The molecule has 6 heteroatoms. The SMILES string of the molecule is CC(C)(C)c1ccc(N2B3c4cc5oc6ccccc6c5cc4-n4c5ccc(C(C)(C)C)cc5c5c6oc7ccccc7c6c(c3c54)-c3cc4c(cc32)C(C)(C)c2cc(N(c3ccc(C(C)(C)C)cc3)c3ccc(C(C)(C)C)cc3)ccc2-4)cc1. The highest BCUT2D eigenvalue weighted by Crippen LogP contribution is 2.58. The lowest BCUT2D eigenvalue weighted by Crippen LogP contribution is -2.60. The van der Waals surface area contributed by atoms with Gasteiger partial charge in [-0.25, -0.2) is 0 Å². The van der Waals surface area contributed by atoms with Gasteiger partial charge in [0.15, 0.2) is 0 Å². The lowest BCUT2D eigenvalue weighted by atomic mass is 9.43. The molecule has 85 heavy (non-hydrogen) atoms. The quantitative estimate of drug-likeness (QED) is 0.165. The van der Waals surface area contributed by atoms with E-state index in [0.29, 0.717) is 0 Å². The van der Waals surface area contributed by atoms with Gasteiger partial charge in [0, 0.05) is 72.0 Å². The first-order valence-electron chi connectivity index (χ1n) is 30.6. The third kappa shape index (κ3) is 7.42. The molecule has 2 aliphatic heterocycles. The van der Waals surface area contributed by atoms with Gasteiger partial charge in [-0.3, -0.25) is 0 Å². The summed E-state index contributed by atoms with van der Waals surface area (Å²) in [6.07, 6.45) is 0. The molecule has 5 heterocycles. The highest BCUT2D eigenvalue weighted by atomic mass is 16.3. The molecule has 0 fully saturated rings. The molecule has 0 radical (unpaired) electrons. The lowest BCUT2D eigenvalue weighted by molar-refractivity contribution is 0.590. The van der Waals surface area contributed by atoms with Crippen LogP contribution >= 0.6 is 0 Å². The van der Waals surface area contributed by atoms with Gasteiger partial charge in [0.05, 0.1) is 16.4 Å². The number of anilines is 5. The summed E-state index contributed by atoms with van der Waals surface area (Å²) in [5.41, 5.74) is 27.8. The summed E-state index contributed by atoms with van der Waals surface area (Å²) in [6.45, 7) is 32.3. The van der Waals surface area contributed by atoms with E-state index in [1.54, 1.807) is 0 Å². The van der Waals surface area contributed by atoms with E-state index >= 15 is 0 Å². The molecular weight excluding hydrogens is 1030 g/mol. The second kappa shape index (κ2) is 17.2. The molecule has 3 aromatic heterocycles. The Morgan fingerprint density at radius 1 is 0.424 bits per heavy atom. The van der Waals surface area contributed by atoms with Gasteiger partial charge in [0.2, 0.25) is 0 Å². The monoisotopic (exact) mass is 1110 g/mol. The third-order valence-electron chi connectivity index (χ3n) is 19.6. The maximum absolute atomic E-state index is 7.40. The minimum Gasteiger partial charge on any atom is -0.456 e. The van der Waals surface area contributed by atoms with Crippen LogP contribution < -0.4 is 20.6 Å². The molecule has 0 unspecified atom stereocenters. The molecule has 0 saturated carbocycles. The van der Waals surface area contributed by atoms with Crippen LogP contribution in [0.15, 0.2) is 191 Å². The second-order valence-corrected chi connectivity index (χ2v) is 29.4. The zero-order chi connectivity index (χ0) is 58.8. The Labute approximate surface area is 499 Å². The van der Waals surface area contributed by atoms with Crippen molar-refractivity contribution in [3.05, 3.63) is 215 Å². The van der Waals surface area contributed by atoms with Crippen molar-refractivity contribution in [3.63, 3.8) is 0 Å². The van der Waals surface area contributed by atoms with E-state index in [-0.39, 0.29) is 33.9 Å². The molecular formula is C79H72BN3O2. The summed E-state index contributed by atoms with van der Waals surface area (Å²) in [6, 6.07) is 69.6. The van der Waals surface area contributed by atoms with Crippen LogP contribution in [0.1, 0.15) is 130 Å². The van der Waals surface area contributed by atoms with Crippen LogP contribution in [0.5, 0.6) is 0 Å². The summed E-state index contributed by atoms with van der Waals surface area (Å²) in [4.78, 5) is 5.15. The maximum Gasteiger partial charge on any atom is 0.333 e. The van der Waals surface area contributed by atoms with Gasteiger partial charge in [0.1, 0.15) is 22.3 Å². The van der Waals surface area contributed by atoms with Gasteiger partial charge in [-0.05, 0) is 180 Å². The fourth-order valence-electron chi connectivity index (χ4n) is 14.9. The van der Waals surface area contributed by atoms with Crippen molar-refractivity contribution >= 4 is 112 Å². The fraction of sp³-hybridized carbons (Fsp3) is 0.241. The number of para-hydroxylation sites is 2. The van der Waals surface area contributed by atoms with Crippen LogP contribution in [0.2, 0.25) is 0 Å². The molecule has 0 spiro atoms. The Morgan fingerprint density at radius 3 is 1.60 bits per heavy atom. The second-order valence-electron chi connectivity index (χ2n) is 29.4. The summed E-state index contributed by atoms with van der Waals surface area (Å²) < 4.78 is 16.9. The average Bonchev–Trinajstić information content (AvgIpc) is 1.59. The Balaban J connectivity index is 1.01. The smallest absolute Gasteiger partial charge is 0.333 e. The minimum atomic E-state index is -0.376. The van der Waals surface area contributed by atoms with Gasteiger partial charge >= 0.3 is 6.85 Å². The van der Waals surface area contributed by atoms with Gasteiger partial charge in [-0.1, -0.05) is 182 Å². The van der Waals surface area contributed by atoms with Gasteiger partial charge in [0.25, 0.3) is 0 Å². The largest absolute Gasteiger partial charge is 0.456 e. The van der Waals surface area contributed by atoms with Crippen molar-refractivity contribution in [1.29, 1.82) is 0 Å². The normalized spacial score (nSPS) is 14.5. The summed E-state index contributed by atoms with van der Waals surface area (Å²) in [7, 11) is 0. The van der Waals surface area contributed by atoms with Crippen LogP contribution in [0.4, 0.5) is 28.4 Å². The molecule has 0 atom stereocenters. The van der Waals surface area contributed by atoms with Crippen LogP contribution in [-0.4, -0.2) is 11.4 Å². The minimum absolute atomic E-state index is 0.0287. The number of hydrogen-bond donors (Lipinski definition) is 0. The first kappa shape index (κ1) is 51.9. The van der Waals surface area contributed by atoms with E-state index < -0.39 is 0 Å². The van der Waals surface area contributed by atoms with Crippen molar-refractivity contribution in [3.8, 4) is 27.9 Å². The number of rotatable bonds is 4. The Bertz CT molecular complexity index is 4940. The molecule has 5 nitrogen and oxygen atoms in total. The molecule has 0 saturated heterocycles. The van der Waals surface area contributed by atoms with E-state index in [0.717, 1.165) is 72.3 Å². The van der Waals surface area contributed by atoms with Crippen LogP contribution in [0, 0.1) is 0 Å². The Kier molecular flexibility index (Phi) is 10.5. The van der Waals surface area contributed by atoms with Gasteiger partial charge < -0.3 is 23.1 Å². The molecule has 10 aromatic carbocycles. The molecule has 0 bridgehead atoms. The third-order valence-corrected chi connectivity index (χ3v) is 19.6. The zero-order valence-corrected chi connectivity index (χ0v) is 51.6. The van der Waals surface area contributed by atoms with Crippen LogP contribution in [0.3, 0.4) is 0 Å². The number of fused-ring (bicyclic) bond motifs is 19. The van der Waals surface area contributed by atoms with Gasteiger partial charge in [-0.2, -0.15) is 0 Å². The van der Waals surface area contributed by atoms with E-state index in [1.807, 2.05) is 0 Å². The standard InChI is InChI=1S/C79H72BN3O2/c1-75(2,3)45-23-30-49(31-24-45)81(50-32-25-46(26-33-50)76(4,5)6)52-36-37-53-56-41-59-64(43-61(56)79(13,14)60(53)40-52)83(51-34-27-47(28-35-51)77(7,8)9)80-62-44-68-57(54-19-15-17-21-66(54)84-68)42-65(62)82-63-38-29-48(78(10,11)12)39-58(63)71-73(82)72(80)69(59)70-55-20-16-18-22-67(55)85-74(70)71/h15-44H,1-14H3. The molecule has 0 N–H and O–H groups in total. The molecule has 1 aliphatic carbocycles. The first-order valence-corrected chi connectivity index (χ1v) is 30.6. The van der Waals surface area contributed by atoms with Crippen molar-refractivity contribution < 1.29 is 8.83 Å². The van der Waals surface area contributed by atoms with Crippen molar-refractivity contribution in [2.45, 2.75) is 124 Å². The topological polar surface area (TPSA) is 37.7 Å². The Hall–Kier alpha value is -8.74. The predicted molar refractivity (Wildman–Crippen MR) is 361 cm³/mol.